The highest BCUT2D eigenvalue weighted by Gasteiger charge is 2.72. The van der Waals surface area contributed by atoms with Gasteiger partial charge in [0.25, 0.3) is 0 Å². The molecule has 0 spiro atoms. The second kappa shape index (κ2) is 4.37. The monoisotopic (exact) mass is 337 g/mol. The summed E-state index contributed by atoms with van der Waals surface area (Å²) in [6, 6.07) is 9.84. The minimum atomic E-state index is -0.133. The van der Waals surface area contributed by atoms with Gasteiger partial charge in [0, 0.05) is 10.8 Å². The molecule has 2 bridgehead atoms. The van der Waals surface area contributed by atoms with Crippen LogP contribution in [0.1, 0.15) is 63.5 Å². The molecule has 5 nitrogen and oxygen atoms in total. The van der Waals surface area contributed by atoms with Crippen molar-refractivity contribution in [2.45, 2.75) is 63.5 Å². The molecule has 3 heterocycles. The molecule has 25 heavy (non-hydrogen) atoms. The highest BCUT2D eigenvalue weighted by atomic mass is 16.2. The molecule has 3 saturated carbocycles. The Bertz CT molecular complexity index is 925. The number of fused-ring (bicyclic) bond motifs is 1. The molecule has 1 aromatic carbocycles. The zero-order valence-corrected chi connectivity index (χ0v) is 14.4. The van der Waals surface area contributed by atoms with Gasteiger partial charge < -0.3 is 0 Å². The fourth-order valence-corrected chi connectivity index (χ4v) is 7.14. The molecule has 3 fully saturated rings. The van der Waals surface area contributed by atoms with E-state index in [2.05, 4.69) is 0 Å². The van der Waals surface area contributed by atoms with Crippen LogP contribution in [0.25, 0.3) is 5.69 Å². The van der Waals surface area contributed by atoms with Crippen molar-refractivity contribution < 1.29 is 0 Å². The van der Waals surface area contributed by atoms with Crippen LogP contribution in [0.5, 0.6) is 0 Å². The first-order valence-corrected chi connectivity index (χ1v) is 9.71. The SMILES string of the molecule is O=c1n(-c2ccccc2)c(=O)n2n1[C@H]1CC[C@H]2[C@]23CCCC[C@]12CC3. The van der Waals surface area contributed by atoms with Crippen LogP contribution in [0.2, 0.25) is 0 Å². The normalized spacial score (nSPS) is 37.8. The maximum absolute atomic E-state index is 13.3. The number of hydrogen-bond acceptors (Lipinski definition) is 2. The third-order valence-electron chi connectivity index (χ3n) is 8.11. The largest absolute Gasteiger partial charge is 0.352 e. The summed E-state index contributed by atoms with van der Waals surface area (Å²) in [7, 11) is 0. The minimum absolute atomic E-state index is 0.133. The Morgan fingerprint density at radius 2 is 1.28 bits per heavy atom. The van der Waals surface area contributed by atoms with Crippen molar-refractivity contribution in [1.82, 2.24) is 13.9 Å². The summed E-state index contributed by atoms with van der Waals surface area (Å²) in [5.74, 6) is 0. The standard InChI is InChI=1S/C20H23N3O2/c24-17-21(14-6-2-1-3-7-14)18(25)23-16-9-8-15(22(17)23)19-10-4-5-11-20(16,19)13-12-19/h1-3,6-7,15-16H,4-5,8-13H2/t15-,16-,19-,20+/m0/s1. The topological polar surface area (TPSA) is 48.9 Å². The summed E-state index contributed by atoms with van der Waals surface area (Å²) in [6.07, 6.45) is 9.65. The van der Waals surface area contributed by atoms with Crippen molar-refractivity contribution in [3.8, 4) is 5.69 Å². The summed E-state index contributed by atoms with van der Waals surface area (Å²) in [6.45, 7) is 0. The third kappa shape index (κ3) is 1.37. The molecular formula is C20H23N3O2. The smallest absolute Gasteiger partial charge is 0.245 e. The number of para-hydroxylation sites is 1. The first kappa shape index (κ1) is 14.2. The molecule has 0 amide bonds. The molecule has 2 aliphatic heterocycles. The molecule has 5 heteroatoms. The van der Waals surface area contributed by atoms with Gasteiger partial charge in [0.1, 0.15) is 0 Å². The summed E-state index contributed by atoms with van der Waals surface area (Å²) in [5.41, 5.74) is 0.995. The fraction of sp³-hybridized carbons (Fsp3) is 0.600. The number of nitrogens with zero attached hydrogens (tertiary/aromatic N) is 3. The van der Waals surface area contributed by atoms with Crippen molar-refractivity contribution in [3.63, 3.8) is 0 Å². The molecule has 0 radical (unpaired) electrons. The van der Waals surface area contributed by atoms with Crippen LogP contribution in [-0.2, 0) is 0 Å². The average molecular weight is 337 g/mol. The minimum Gasteiger partial charge on any atom is -0.245 e. The molecule has 0 unspecified atom stereocenters. The van der Waals surface area contributed by atoms with E-state index in [4.69, 9.17) is 0 Å². The van der Waals surface area contributed by atoms with Gasteiger partial charge in [0.2, 0.25) is 0 Å². The molecular weight excluding hydrogens is 314 g/mol. The van der Waals surface area contributed by atoms with Crippen LogP contribution < -0.4 is 11.4 Å². The van der Waals surface area contributed by atoms with Crippen molar-refractivity contribution in [1.29, 1.82) is 0 Å². The van der Waals surface area contributed by atoms with E-state index in [1.54, 1.807) is 0 Å². The molecule has 3 aliphatic carbocycles. The second-order valence-corrected chi connectivity index (χ2v) is 8.55. The Labute approximate surface area is 145 Å². The number of aromatic nitrogens is 3. The van der Waals surface area contributed by atoms with Gasteiger partial charge in [0.05, 0.1) is 17.8 Å². The molecule has 0 saturated heterocycles. The molecule has 5 aliphatic rings. The van der Waals surface area contributed by atoms with Gasteiger partial charge in [-0.2, -0.15) is 0 Å². The van der Waals surface area contributed by atoms with Crippen molar-refractivity contribution >= 4 is 0 Å². The third-order valence-corrected chi connectivity index (χ3v) is 8.11. The Morgan fingerprint density at radius 3 is 1.76 bits per heavy atom. The highest BCUT2D eigenvalue weighted by Crippen LogP contribution is 2.77. The van der Waals surface area contributed by atoms with E-state index < -0.39 is 0 Å². The zero-order chi connectivity index (χ0) is 16.8. The lowest BCUT2D eigenvalue weighted by molar-refractivity contribution is -0.242. The zero-order valence-electron chi connectivity index (χ0n) is 14.4. The lowest BCUT2D eigenvalue weighted by atomic mass is 9.36. The van der Waals surface area contributed by atoms with Gasteiger partial charge in [-0.05, 0) is 50.7 Å². The van der Waals surface area contributed by atoms with Crippen LogP contribution in [0.4, 0.5) is 0 Å². The highest BCUT2D eigenvalue weighted by molar-refractivity contribution is 5.31. The molecule has 2 aromatic rings. The maximum Gasteiger partial charge on any atom is 0.352 e. The lowest BCUT2D eigenvalue weighted by Gasteiger charge is -2.73. The van der Waals surface area contributed by atoms with Gasteiger partial charge in [-0.3, -0.25) is 0 Å². The second-order valence-electron chi connectivity index (χ2n) is 8.55. The molecule has 4 atom stereocenters. The van der Waals surface area contributed by atoms with Crippen molar-refractivity contribution in [2.24, 2.45) is 10.8 Å². The van der Waals surface area contributed by atoms with Crippen molar-refractivity contribution in [2.75, 3.05) is 0 Å². The summed E-state index contributed by atoms with van der Waals surface area (Å²) >= 11 is 0. The van der Waals surface area contributed by atoms with Gasteiger partial charge in [-0.15, -0.1) is 0 Å². The van der Waals surface area contributed by atoms with Crippen LogP contribution in [0.15, 0.2) is 39.9 Å². The predicted molar refractivity (Wildman–Crippen MR) is 94.2 cm³/mol. The van der Waals surface area contributed by atoms with Crippen molar-refractivity contribution in [3.05, 3.63) is 51.3 Å². The van der Waals surface area contributed by atoms with Gasteiger partial charge in [0.15, 0.2) is 0 Å². The predicted octanol–water partition coefficient (Wildman–Crippen LogP) is 3.03. The average Bonchev–Trinajstić information content (AvgIpc) is 2.90. The van der Waals surface area contributed by atoms with E-state index in [1.165, 1.54) is 43.1 Å². The first-order chi connectivity index (χ1) is 12.2. The summed E-state index contributed by atoms with van der Waals surface area (Å²) < 4.78 is 5.13. The van der Waals surface area contributed by atoms with Crippen LogP contribution in [0, 0.1) is 10.8 Å². The van der Waals surface area contributed by atoms with E-state index in [9.17, 15) is 9.59 Å². The van der Waals surface area contributed by atoms with Gasteiger partial charge in [-0.25, -0.2) is 23.5 Å². The maximum atomic E-state index is 13.3. The lowest BCUT2D eigenvalue weighted by Crippen LogP contribution is -2.69. The molecule has 1 aromatic heterocycles. The van der Waals surface area contributed by atoms with Gasteiger partial charge >= 0.3 is 11.4 Å². The molecule has 130 valence electrons. The van der Waals surface area contributed by atoms with E-state index in [-0.39, 0.29) is 34.3 Å². The first-order valence-electron chi connectivity index (χ1n) is 9.71. The van der Waals surface area contributed by atoms with Crippen LogP contribution in [-0.4, -0.2) is 13.9 Å². The van der Waals surface area contributed by atoms with Gasteiger partial charge in [-0.1, -0.05) is 31.0 Å². The summed E-state index contributed by atoms with van der Waals surface area (Å²) in [4.78, 5) is 26.5. The van der Waals surface area contributed by atoms with E-state index in [0.717, 1.165) is 12.8 Å². The fourth-order valence-electron chi connectivity index (χ4n) is 7.14. The Morgan fingerprint density at radius 1 is 0.760 bits per heavy atom. The van der Waals surface area contributed by atoms with E-state index >= 15 is 0 Å². The van der Waals surface area contributed by atoms with E-state index in [0.29, 0.717) is 5.69 Å². The molecule has 7 rings (SSSR count). The Hall–Kier alpha value is -2.04. The number of benzene rings is 1. The summed E-state index contributed by atoms with van der Waals surface area (Å²) in [5, 5.41) is 0. The molecule has 0 N–H and O–H groups in total. The number of rotatable bonds is 1. The Kier molecular flexibility index (Phi) is 2.48. The van der Waals surface area contributed by atoms with Crippen LogP contribution >= 0.6 is 0 Å². The van der Waals surface area contributed by atoms with Crippen LogP contribution in [0.3, 0.4) is 0 Å². The number of hydrogen-bond donors (Lipinski definition) is 0. The van der Waals surface area contributed by atoms with E-state index in [1.807, 2.05) is 39.7 Å². The quantitative estimate of drug-likeness (QED) is 0.803. The Balaban J connectivity index is 1.65.